The highest BCUT2D eigenvalue weighted by atomic mass is 16.5. The van der Waals surface area contributed by atoms with Crippen molar-refractivity contribution in [1.29, 1.82) is 0 Å². The predicted molar refractivity (Wildman–Crippen MR) is 80.7 cm³/mol. The van der Waals surface area contributed by atoms with Crippen LogP contribution in [-0.4, -0.2) is 42.7 Å². The van der Waals surface area contributed by atoms with Crippen LogP contribution in [0.15, 0.2) is 12.1 Å². The first kappa shape index (κ1) is 15.6. The molecule has 3 N–H and O–H groups in total. The maximum absolute atomic E-state index is 5.79. The molecule has 1 rings (SSSR count). The van der Waals surface area contributed by atoms with Crippen LogP contribution >= 0.6 is 0 Å². The quantitative estimate of drug-likeness (QED) is 0.755. The van der Waals surface area contributed by atoms with Crippen molar-refractivity contribution in [3.05, 3.63) is 12.1 Å². The molecular formula is C14H26N4O. The third-order valence-electron chi connectivity index (χ3n) is 3.28. The molecule has 0 aliphatic rings. The van der Waals surface area contributed by atoms with Crippen LogP contribution in [0.2, 0.25) is 0 Å². The fraction of sp³-hybridized carbons (Fsp3) is 0.643. The summed E-state index contributed by atoms with van der Waals surface area (Å²) in [5, 5.41) is 3.29. The standard InChI is InChI=1S/C14H26N4O/c1-5-11(3)18(4)10-9-16-13-8-7-12(15)14(17-13)19-6-2/h7-8,11H,5-6,9-10,15H2,1-4H3,(H,16,17). The second-order valence-corrected chi connectivity index (χ2v) is 4.69. The summed E-state index contributed by atoms with van der Waals surface area (Å²) in [5.41, 5.74) is 6.36. The monoisotopic (exact) mass is 266 g/mol. The minimum atomic E-state index is 0.503. The molecule has 1 atom stereocenters. The molecule has 1 unspecified atom stereocenters. The number of hydrogen-bond acceptors (Lipinski definition) is 5. The van der Waals surface area contributed by atoms with Gasteiger partial charge in [0.1, 0.15) is 5.82 Å². The van der Waals surface area contributed by atoms with Crippen molar-refractivity contribution < 1.29 is 4.74 Å². The zero-order valence-electron chi connectivity index (χ0n) is 12.4. The molecule has 0 spiro atoms. The largest absolute Gasteiger partial charge is 0.476 e. The van der Waals surface area contributed by atoms with E-state index in [0.717, 1.165) is 25.3 Å². The fourth-order valence-corrected chi connectivity index (χ4v) is 1.69. The molecule has 1 heterocycles. The van der Waals surface area contributed by atoms with Gasteiger partial charge in [-0.2, -0.15) is 4.98 Å². The molecule has 19 heavy (non-hydrogen) atoms. The maximum atomic E-state index is 5.79. The van der Waals surface area contributed by atoms with Crippen molar-refractivity contribution in [1.82, 2.24) is 9.88 Å². The molecule has 1 aromatic rings. The first-order chi connectivity index (χ1) is 9.08. The predicted octanol–water partition coefficient (Wildman–Crippen LogP) is 2.20. The molecule has 0 amide bonds. The average Bonchev–Trinajstić information content (AvgIpc) is 2.41. The highest BCUT2D eigenvalue weighted by molar-refractivity contribution is 5.53. The molecule has 0 aliphatic carbocycles. The van der Waals surface area contributed by atoms with Crippen molar-refractivity contribution in [2.24, 2.45) is 0 Å². The molecule has 5 nitrogen and oxygen atoms in total. The summed E-state index contributed by atoms with van der Waals surface area (Å²) in [6.07, 6.45) is 1.16. The van der Waals surface area contributed by atoms with E-state index >= 15 is 0 Å². The Bertz CT molecular complexity index is 384. The number of nitrogens with one attached hydrogen (secondary N) is 1. The Hall–Kier alpha value is -1.49. The number of nitrogens with two attached hydrogens (primary N) is 1. The SMILES string of the molecule is CCOc1nc(NCCN(C)C(C)CC)ccc1N. The van der Waals surface area contributed by atoms with Crippen molar-refractivity contribution >= 4 is 11.5 Å². The Morgan fingerprint density at radius 2 is 2.16 bits per heavy atom. The lowest BCUT2D eigenvalue weighted by atomic mass is 10.2. The maximum Gasteiger partial charge on any atom is 0.239 e. The molecule has 0 radical (unpaired) electrons. The highest BCUT2D eigenvalue weighted by Gasteiger charge is 2.07. The van der Waals surface area contributed by atoms with Crippen LogP contribution in [0.4, 0.5) is 11.5 Å². The number of ether oxygens (including phenoxy) is 1. The third kappa shape index (κ3) is 4.95. The summed E-state index contributed by atoms with van der Waals surface area (Å²) >= 11 is 0. The summed E-state index contributed by atoms with van der Waals surface area (Å²) < 4.78 is 5.37. The van der Waals surface area contributed by atoms with Gasteiger partial charge in [0, 0.05) is 19.1 Å². The van der Waals surface area contributed by atoms with Gasteiger partial charge >= 0.3 is 0 Å². The lowest BCUT2D eigenvalue weighted by molar-refractivity contribution is 0.261. The number of hydrogen-bond donors (Lipinski definition) is 2. The van der Waals surface area contributed by atoms with Crippen LogP contribution in [0.1, 0.15) is 27.2 Å². The second-order valence-electron chi connectivity index (χ2n) is 4.69. The van der Waals surface area contributed by atoms with E-state index in [0.29, 0.717) is 24.2 Å². The summed E-state index contributed by atoms with van der Waals surface area (Å²) in [6.45, 7) is 8.74. The Balaban J connectivity index is 2.47. The number of likely N-dealkylation sites (N-methyl/N-ethyl adjacent to an activating group) is 1. The Morgan fingerprint density at radius 3 is 2.79 bits per heavy atom. The van der Waals surface area contributed by atoms with Crippen molar-refractivity contribution in [2.45, 2.75) is 33.2 Å². The van der Waals surface area contributed by atoms with Gasteiger partial charge in [0.05, 0.1) is 12.3 Å². The van der Waals surface area contributed by atoms with Crippen molar-refractivity contribution in [2.75, 3.05) is 37.8 Å². The van der Waals surface area contributed by atoms with Gasteiger partial charge in [0.25, 0.3) is 0 Å². The van der Waals surface area contributed by atoms with Crippen LogP contribution in [0, 0.1) is 0 Å². The van der Waals surface area contributed by atoms with E-state index < -0.39 is 0 Å². The van der Waals surface area contributed by atoms with E-state index in [4.69, 9.17) is 10.5 Å². The lowest BCUT2D eigenvalue weighted by Crippen LogP contribution is -2.32. The zero-order valence-corrected chi connectivity index (χ0v) is 12.4. The summed E-state index contributed by atoms with van der Waals surface area (Å²) in [7, 11) is 2.14. The first-order valence-corrected chi connectivity index (χ1v) is 6.91. The summed E-state index contributed by atoms with van der Waals surface area (Å²) in [6, 6.07) is 4.29. The van der Waals surface area contributed by atoms with Crippen molar-refractivity contribution in [3.63, 3.8) is 0 Å². The number of nitrogens with zero attached hydrogens (tertiary/aromatic N) is 2. The molecule has 108 valence electrons. The number of anilines is 2. The average molecular weight is 266 g/mol. The molecular weight excluding hydrogens is 240 g/mol. The molecule has 5 heteroatoms. The summed E-state index contributed by atoms with van der Waals surface area (Å²) in [4.78, 5) is 6.67. The fourth-order valence-electron chi connectivity index (χ4n) is 1.69. The van der Waals surface area contributed by atoms with E-state index in [1.54, 1.807) is 0 Å². The Morgan fingerprint density at radius 1 is 1.42 bits per heavy atom. The van der Waals surface area contributed by atoms with Gasteiger partial charge in [-0.05, 0) is 39.4 Å². The van der Waals surface area contributed by atoms with E-state index in [-0.39, 0.29) is 0 Å². The van der Waals surface area contributed by atoms with Crippen LogP contribution < -0.4 is 15.8 Å². The lowest BCUT2D eigenvalue weighted by Gasteiger charge is -2.23. The van der Waals surface area contributed by atoms with E-state index in [2.05, 4.69) is 36.1 Å². The Labute approximate surface area is 116 Å². The van der Waals surface area contributed by atoms with Gasteiger partial charge in [-0.3, -0.25) is 0 Å². The molecule has 0 aliphatic heterocycles. The Kier molecular flexibility index (Phi) is 6.42. The van der Waals surface area contributed by atoms with E-state index in [1.165, 1.54) is 0 Å². The molecule has 0 bridgehead atoms. The number of pyridine rings is 1. The number of nitrogen functional groups attached to an aromatic ring is 1. The van der Waals surface area contributed by atoms with E-state index in [9.17, 15) is 0 Å². The molecule has 0 saturated carbocycles. The van der Waals surface area contributed by atoms with Crippen LogP contribution in [0.25, 0.3) is 0 Å². The molecule has 1 aromatic heterocycles. The molecule has 0 saturated heterocycles. The highest BCUT2D eigenvalue weighted by Crippen LogP contribution is 2.20. The first-order valence-electron chi connectivity index (χ1n) is 6.91. The van der Waals surface area contributed by atoms with Crippen LogP contribution in [0.3, 0.4) is 0 Å². The van der Waals surface area contributed by atoms with Gasteiger partial charge in [-0.15, -0.1) is 0 Å². The third-order valence-corrected chi connectivity index (χ3v) is 3.28. The molecule has 0 fully saturated rings. The molecule has 0 aromatic carbocycles. The normalized spacial score (nSPS) is 12.5. The van der Waals surface area contributed by atoms with Crippen molar-refractivity contribution in [3.8, 4) is 5.88 Å². The minimum absolute atomic E-state index is 0.503. The smallest absolute Gasteiger partial charge is 0.239 e. The van der Waals surface area contributed by atoms with Gasteiger partial charge in [-0.1, -0.05) is 6.92 Å². The zero-order chi connectivity index (χ0) is 14.3. The van der Waals surface area contributed by atoms with Gasteiger partial charge in [-0.25, -0.2) is 0 Å². The summed E-state index contributed by atoms with van der Waals surface area (Å²) in [5.74, 6) is 1.30. The second kappa shape index (κ2) is 7.84. The van der Waals surface area contributed by atoms with Gasteiger partial charge in [0.2, 0.25) is 5.88 Å². The number of aromatic nitrogens is 1. The topological polar surface area (TPSA) is 63.4 Å². The minimum Gasteiger partial charge on any atom is -0.476 e. The number of rotatable bonds is 8. The van der Waals surface area contributed by atoms with Gasteiger partial charge < -0.3 is 20.7 Å². The van der Waals surface area contributed by atoms with Crippen LogP contribution in [0.5, 0.6) is 5.88 Å². The van der Waals surface area contributed by atoms with E-state index in [1.807, 2.05) is 19.1 Å². The van der Waals surface area contributed by atoms with Gasteiger partial charge in [0.15, 0.2) is 0 Å². The van der Waals surface area contributed by atoms with Crippen LogP contribution in [-0.2, 0) is 0 Å².